The molecule has 0 saturated carbocycles. The molecule has 0 spiro atoms. The number of allylic oxidation sites excluding steroid dienone is 2. The monoisotopic (exact) mass is 861 g/mol. The van der Waals surface area contributed by atoms with Crippen LogP contribution in [0.3, 0.4) is 0 Å². The van der Waals surface area contributed by atoms with Crippen LogP contribution >= 0.6 is 19.6 Å². The summed E-state index contributed by atoms with van der Waals surface area (Å²) in [6.07, 6.45) is 10.9. The Morgan fingerprint density at radius 2 is 1.70 bits per heavy atom. The number of nitriles is 2. The predicted molar refractivity (Wildman–Crippen MR) is 215 cm³/mol. The van der Waals surface area contributed by atoms with Gasteiger partial charge >= 0.3 is 13.8 Å². The number of halogens is 3. The molecule has 0 amide bonds. The quantitative estimate of drug-likeness (QED) is 0.0360. The summed E-state index contributed by atoms with van der Waals surface area (Å²) in [7, 11) is -4.24. The molecular formula is C42H39F3N5O8PS. The minimum Gasteiger partial charge on any atom is -0.447 e. The molecule has 1 saturated heterocycles. The number of nitrogens with zero attached hydrogens (tertiary/aromatic N) is 5. The Morgan fingerprint density at radius 1 is 1.00 bits per heavy atom. The van der Waals surface area contributed by atoms with Gasteiger partial charge in [-0.05, 0) is 61.0 Å². The molecule has 2 heterocycles. The summed E-state index contributed by atoms with van der Waals surface area (Å²) in [6.45, 7) is 7.83. The molecule has 0 bridgehead atoms. The van der Waals surface area contributed by atoms with E-state index >= 15 is 4.39 Å². The van der Waals surface area contributed by atoms with Crippen molar-refractivity contribution in [3.8, 4) is 12.1 Å². The Kier molecular flexibility index (Phi) is 16.4. The molecule has 1 aromatic heterocycles. The van der Waals surface area contributed by atoms with Crippen molar-refractivity contribution in [1.29, 1.82) is 10.5 Å². The number of hydrogen-bond donors (Lipinski definition) is 0. The number of carbonyl (C=O) groups excluding carboxylic acids is 1. The molecule has 0 unspecified atom stereocenters. The zero-order valence-electron chi connectivity index (χ0n) is 32.2. The van der Waals surface area contributed by atoms with Crippen LogP contribution in [-0.4, -0.2) is 64.0 Å². The van der Waals surface area contributed by atoms with E-state index in [2.05, 4.69) is 23.2 Å². The largest absolute Gasteiger partial charge is 0.475 e. The van der Waals surface area contributed by atoms with Crippen LogP contribution in [0, 0.1) is 40.1 Å². The summed E-state index contributed by atoms with van der Waals surface area (Å²) in [5.74, 6) is -3.41. The van der Waals surface area contributed by atoms with E-state index < -0.39 is 55.0 Å². The standard InChI is InChI=1S/C42H39F3N5O8PS/c1-4-16-55-59(52,56-17-5-2)57-23-33-18-30(21-46)11-14-36(33)41(51)58-42(26-50-28-48-27-49-50,37-15-13-34(43)20-39(37)45)29(3)60-35-24-53-40(54-25-35)9-7-6-8-32-12-10-31(22-47)19-38(32)44/h4-15,18-20,27-29,35,40H,1-2,16-17,23-26H2,3H3/t29-,35?,40?,42-/m1/s1. The van der Waals surface area contributed by atoms with E-state index in [0.717, 1.165) is 12.1 Å². The zero-order chi connectivity index (χ0) is 43.1. The van der Waals surface area contributed by atoms with Crippen LogP contribution < -0.4 is 0 Å². The molecule has 312 valence electrons. The summed E-state index contributed by atoms with van der Waals surface area (Å²) in [5.41, 5.74) is -1.55. The van der Waals surface area contributed by atoms with Crippen LogP contribution in [0.4, 0.5) is 13.2 Å². The highest BCUT2D eigenvalue weighted by atomic mass is 32.2. The molecule has 1 aliphatic rings. The first-order chi connectivity index (χ1) is 28.9. The number of phosphoric ester groups is 1. The summed E-state index contributed by atoms with van der Waals surface area (Å²) < 4.78 is 93.8. The molecule has 60 heavy (non-hydrogen) atoms. The maximum atomic E-state index is 16.1. The van der Waals surface area contributed by atoms with Crippen molar-refractivity contribution in [2.24, 2.45) is 0 Å². The first-order valence-corrected chi connectivity index (χ1v) is 20.6. The Labute approximate surface area is 348 Å². The molecular weight excluding hydrogens is 823 g/mol. The third-order valence-corrected chi connectivity index (χ3v) is 11.6. The number of phosphoric acid groups is 1. The van der Waals surface area contributed by atoms with Gasteiger partial charge in [0.15, 0.2) is 11.9 Å². The van der Waals surface area contributed by atoms with Crippen molar-refractivity contribution in [3.05, 3.63) is 162 Å². The van der Waals surface area contributed by atoms with Crippen molar-refractivity contribution in [3.63, 3.8) is 0 Å². The van der Waals surface area contributed by atoms with Crippen LogP contribution in [-0.2, 0) is 51.1 Å². The normalized spacial score (nSPS) is 17.1. The third kappa shape index (κ3) is 12.0. The first kappa shape index (κ1) is 45.5. The second kappa shape index (κ2) is 21.6. The average molecular weight is 862 g/mol. The summed E-state index contributed by atoms with van der Waals surface area (Å²) in [6, 6.07) is 14.9. The number of thioether (sulfide) groups is 1. The number of benzene rings is 3. The van der Waals surface area contributed by atoms with Crippen molar-refractivity contribution in [2.45, 2.75) is 42.5 Å². The van der Waals surface area contributed by atoms with Gasteiger partial charge in [0.2, 0.25) is 0 Å². The van der Waals surface area contributed by atoms with Crippen LogP contribution in [0.5, 0.6) is 0 Å². The van der Waals surface area contributed by atoms with Crippen LogP contribution in [0.2, 0.25) is 0 Å². The van der Waals surface area contributed by atoms with Gasteiger partial charge in [0.25, 0.3) is 0 Å². The number of ether oxygens (including phenoxy) is 3. The van der Waals surface area contributed by atoms with E-state index in [-0.39, 0.29) is 66.0 Å². The number of esters is 1. The van der Waals surface area contributed by atoms with Gasteiger partial charge < -0.3 is 14.2 Å². The molecule has 1 fully saturated rings. The third-order valence-electron chi connectivity index (χ3n) is 8.79. The predicted octanol–water partition coefficient (Wildman–Crippen LogP) is 8.35. The summed E-state index contributed by atoms with van der Waals surface area (Å²) >= 11 is 1.26. The lowest BCUT2D eigenvalue weighted by Crippen LogP contribution is -2.47. The first-order valence-electron chi connectivity index (χ1n) is 18.2. The smallest absolute Gasteiger partial charge is 0.447 e. The molecule has 1 aliphatic heterocycles. The van der Waals surface area contributed by atoms with E-state index in [9.17, 15) is 23.4 Å². The maximum Gasteiger partial charge on any atom is 0.475 e. The lowest BCUT2D eigenvalue weighted by atomic mass is 9.89. The van der Waals surface area contributed by atoms with Crippen molar-refractivity contribution < 1.29 is 50.3 Å². The van der Waals surface area contributed by atoms with Crippen molar-refractivity contribution >= 4 is 31.6 Å². The summed E-state index contributed by atoms with van der Waals surface area (Å²) in [4.78, 5) is 18.5. The van der Waals surface area contributed by atoms with Gasteiger partial charge in [-0.25, -0.2) is 32.2 Å². The fraction of sp³-hybridized carbons (Fsp3) is 0.262. The number of rotatable bonds is 20. The lowest BCUT2D eigenvalue weighted by molar-refractivity contribution is -0.146. The zero-order valence-corrected chi connectivity index (χ0v) is 33.9. The Morgan fingerprint density at radius 3 is 2.33 bits per heavy atom. The molecule has 18 heteroatoms. The fourth-order valence-corrected chi connectivity index (χ4v) is 8.33. The van der Waals surface area contributed by atoms with E-state index in [4.69, 9.17) is 33.0 Å². The van der Waals surface area contributed by atoms with Gasteiger partial charge in [-0.1, -0.05) is 36.4 Å². The van der Waals surface area contributed by atoms with Crippen LogP contribution in [0.1, 0.15) is 45.1 Å². The van der Waals surface area contributed by atoms with Crippen molar-refractivity contribution in [2.75, 3.05) is 26.4 Å². The molecule has 2 atom stereocenters. The molecule has 5 rings (SSSR count). The maximum absolute atomic E-state index is 16.1. The molecule has 4 aromatic rings. The van der Waals surface area contributed by atoms with Gasteiger partial charge in [0, 0.05) is 22.4 Å². The van der Waals surface area contributed by atoms with E-state index in [1.807, 2.05) is 12.1 Å². The number of carbonyl (C=O) groups is 1. The van der Waals surface area contributed by atoms with Gasteiger partial charge in [-0.15, -0.1) is 24.9 Å². The highest BCUT2D eigenvalue weighted by Gasteiger charge is 2.47. The topological polar surface area (TPSA) is 168 Å². The Balaban J connectivity index is 1.42. The van der Waals surface area contributed by atoms with Crippen LogP contribution in [0.25, 0.3) is 6.08 Å². The highest BCUT2D eigenvalue weighted by molar-refractivity contribution is 8.00. The Hall–Kier alpha value is -5.62. The minimum atomic E-state index is -4.24. The fourth-order valence-electron chi connectivity index (χ4n) is 5.88. The van der Waals surface area contributed by atoms with E-state index in [0.29, 0.717) is 11.6 Å². The van der Waals surface area contributed by atoms with Crippen LogP contribution in [0.15, 0.2) is 111 Å². The molecule has 0 N–H and O–H groups in total. The van der Waals surface area contributed by atoms with Gasteiger partial charge in [-0.3, -0.25) is 13.6 Å². The highest BCUT2D eigenvalue weighted by Crippen LogP contribution is 2.50. The Bertz CT molecular complexity index is 2330. The second-order valence-electron chi connectivity index (χ2n) is 12.9. The number of hydrogen-bond acceptors (Lipinski definition) is 13. The van der Waals surface area contributed by atoms with Gasteiger partial charge in [-0.2, -0.15) is 15.6 Å². The van der Waals surface area contributed by atoms with E-state index in [1.165, 1.54) is 83.7 Å². The second-order valence-corrected chi connectivity index (χ2v) is 16.2. The SMILES string of the molecule is C=CCOP(=O)(OCC=C)OCc1cc(C#N)ccc1C(=O)O[C@@](Cn1cncn1)(c1ccc(F)cc1F)[C@@H](C)SC1COC(C=CC=Cc2ccc(C#N)cc2F)OC1. The minimum absolute atomic E-state index is 0.0586. The lowest BCUT2D eigenvalue weighted by Gasteiger charge is -2.40. The molecule has 13 nitrogen and oxygen atoms in total. The molecule has 0 aliphatic carbocycles. The van der Waals surface area contributed by atoms with E-state index in [1.54, 1.807) is 25.2 Å². The van der Waals surface area contributed by atoms with Gasteiger partial charge in [0.1, 0.15) is 30.1 Å². The number of aromatic nitrogens is 3. The van der Waals surface area contributed by atoms with Gasteiger partial charge in [0.05, 0.1) is 73.7 Å². The average Bonchev–Trinajstić information content (AvgIpc) is 3.76. The molecule has 0 radical (unpaired) electrons. The van der Waals surface area contributed by atoms with Crippen molar-refractivity contribution in [1.82, 2.24) is 14.8 Å². The summed E-state index contributed by atoms with van der Waals surface area (Å²) in [5, 5.41) is 21.6. The molecule has 3 aromatic carbocycles.